The number of tetrazole rings is 1. The van der Waals surface area contributed by atoms with E-state index in [0.717, 1.165) is 19.4 Å². The molecular weight excluding hydrogens is 358 g/mol. The van der Waals surface area contributed by atoms with Crippen molar-refractivity contribution in [2.24, 2.45) is 0 Å². The molecule has 1 saturated heterocycles. The first-order chi connectivity index (χ1) is 12.7. The van der Waals surface area contributed by atoms with Crippen molar-refractivity contribution in [3.8, 4) is 0 Å². The second-order valence-electron chi connectivity index (χ2n) is 5.95. The average Bonchev–Trinajstić information content (AvgIpc) is 3.34. The van der Waals surface area contributed by atoms with Crippen LogP contribution in [0.5, 0.6) is 0 Å². The van der Waals surface area contributed by atoms with Crippen molar-refractivity contribution in [2.75, 3.05) is 17.7 Å². The second kappa shape index (κ2) is 7.30. The number of imidazole rings is 1. The molecule has 3 aromatic rings. The minimum atomic E-state index is -0.280. The van der Waals surface area contributed by atoms with Gasteiger partial charge in [0.2, 0.25) is 11.1 Å². The molecule has 0 bridgehead atoms. The number of H-pyrrole nitrogens is 2. The molecule has 0 aliphatic carbocycles. The van der Waals surface area contributed by atoms with E-state index < -0.39 is 0 Å². The number of ether oxygens (including phenoxy) is 1. The van der Waals surface area contributed by atoms with Crippen LogP contribution in [0.2, 0.25) is 0 Å². The number of rotatable bonds is 6. The van der Waals surface area contributed by atoms with Crippen LogP contribution in [0, 0.1) is 0 Å². The summed E-state index contributed by atoms with van der Waals surface area (Å²) >= 11 is 1.27. The summed E-state index contributed by atoms with van der Waals surface area (Å²) < 4.78 is 7.26. The number of thioether (sulfide) groups is 1. The maximum absolute atomic E-state index is 12.2. The van der Waals surface area contributed by atoms with E-state index in [-0.39, 0.29) is 23.5 Å². The summed E-state index contributed by atoms with van der Waals surface area (Å²) in [4.78, 5) is 28.8. The highest BCUT2D eigenvalue weighted by molar-refractivity contribution is 7.99. The van der Waals surface area contributed by atoms with Crippen molar-refractivity contribution in [3.05, 3.63) is 28.7 Å². The monoisotopic (exact) mass is 375 g/mol. The molecule has 1 aliphatic heterocycles. The smallest absolute Gasteiger partial charge is 0.323 e. The van der Waals surface area contributed by atoms with Crippen LogP contribution >= 0.6 is 11.8 Å². The molecule has 0 unspecified atom stereocenters. The minimum absolute atomic E-state index is 0.127. The lowest BCUT2D eigenvalue weighted by atomic mass is 10.2. The molecule has 1 fully saturated rings. The highest BCUT2D eigenvalue weighted by atomic mass is 32.2. The maximum atomic E-state index is 12.2. The third kappa shape index (κ3) is 3.78. The third-order valence-corrected chi connectivity index (χ3v) is 4.99. The second-order valence-corrected chi connectivity index (χ2v) is 6.90. The first-order valence-corrected chi connectivity index (χ1v) is 9.18. The summed E-state index contributed by atoms with van der Waals surface area (Å²) in [7, 11) is 0. The Labute approximate surface area is 151 Å². The lowest BCUT2D eigenvalue weighted by Crippen LogP contribution is -2.18. The molecule has 2 aromatic heterocycles. The first-order valence-electron chi connectivity index (χ1n) is 8.20. The van der Waals surface area contributed by atoms with Crippen LogP contribution in [-0.2, 0) is 16.1 Å². The van der Waals surface area contributed by atoms with Gasteiger partial charge in [0.1, 0.15) is 0 Å². The Bertz CT molecular complexity index is 973. The molecule has 1 aliphatic rings. The Morgan fingerprint density at radius 1 is 1.38 bits per heavy atom. The van der Waals surface area contributed by atoms with Gasteiger partial charge in [0, 0.05) is 12.3 Å². The number of benzene rings is 1. The van der Waals surface area contributed by atoms with Gasteiger partial charge < -0.3 is 20.0 Å². The quantitative estimate of drug-likeness (QED) is 0.542. The molecule has 0 saturated carbocycles. The first kappa shape index (κ1) is 16.8. The van der Waals surface area contributed by atoms with Gasteiger partial charge in [-0.2, -0.15) is 0 Å². The molecule has 1 atom stereocenters. The van der Waals surface area contributed by atoms with Gasteiger partial charge in [0.25, 0.3) is 0 Å². The van der Waals surface area contributed by atoms with Crippen LogP contribution in [0.3, 0.4) is 0 Å². The van der Waals surface area contributed by atoms with E-state index in [1.165, 1.54) is 11.8 Å². The Balaban J connectivity index is 1.34. The largest absolute Gasteiger partial charge is 0.376 e. The summed E-state index contributed by atoms with van der Waals surface area (Å²) in [5, 5.41) is 15.0. The number of carbonyl (C=O) groups excluding carboxylic acids is 1. The summed E-state index contributed by atoms with van der Waals surface area (Å²) in [6.07, 6.45) is 2.17. The van der Waals surface area contributed by atoms with Gasteiger partial charge in [-0.25, -0.2) is 9.48 Å². The molecule has 0 spiro atoms. The van der Waals surface area contributed by atoms with Crippen LogP contribution in [0.1, 0.15) is 12.8 Å². The lowest BCUT2D eigenvalue weighted by Gasteiger charge is -2.10. The van der Waals surface area contributed by atoms with Gasteiger partial charge in [0.15, 0.2) is 0 Å². The van der Waals surface area contributed by atoms with Gasteiger partial charge in [-0.15, -0.1) is 5.10 Å². The molecular formula is C15H17N7O3S. The van der Waals surface area contributed by atoms with Crippen molar-refractivity contribution in [2.45, 2.75) is 30.6 Å². The predicted octanol–water partition coefficient (Wildman–Crippen LogP) is 0.752. The molecule has 3 N–H and O–H groups in total. The number of nitrogens with zero attached hydrogens (tertiary/aromatic N) is 4. The Morgan fingerprint density at radius 3 is 3.12 bits per heavy atom. The van der Waals surface area contributed by atoms with E-state index >= 15 is 0 Å². The standard InChI is InChI=1S/C15H17N7O3S/c23-13(16-9-3-4-11-12(6-9)18-14(24)17-11)8-26-15-19-20-21-22(15)7-10-2-1-5-25-10/h3-4,6,10H,1-2,5,7-8H2,(H,16,23)(H2,17,18,24)/t10-/m0/s1. The molecule has 136 valence electrons. The molecule has 4 rings (SSSR count). The molecule has 11 heteroatoms. The van der Waals surface area contributed by atoms with Gasteiger partial charge in [-0.1, -0.05) is 11.8 Å². The molecule has 10 nitrogen and oxygen atoms in total. The van der Waals surface area contributed by atoms with Crippen molar-refractivity contribution >= 4 is 34.4 Å². The number of carbonyl (C=O) groups is 1. The number of nitrogens with one attached hydrogen (secondary N) is 3. The Kier molecular flexibility index (Phi) is 4.71. The summed E-state index contributed by atoms with van der Waals surface area (Å²) in [6.45, 7) is 1.36. The number of anilines is 1. The molecule has 0 radical (unpaired) electrons. The zero-order valence-corrected chi connectivity index (χ0v) is 14.6. The fraction of sp³-hybridized carbons (Fsp3) is 0.400. The molecule has 1 amide bonds. The molecule has 26 heavy (non-hydrogen) atoms. The summed E-state index contributed by atoms with van der Waals surface area (Å²) in [5.41, 5.74) is 1.66. The fourth-order valence-corrected chi connectivity index (χ4v) is 3.52. The van der Waals surface area contributed by atoms with Crippen molar-refractivity contribution in [3.63, 3.8) is 0 Å². The van der Waals surface area contributed by atoms with Crippen LogP contribution < -0.4 is 11.0 Å². The van der Waals surface area contributed by atoms with Crippen LogP contribution in [0.4, 0.5) is 5.69 Å². The van der Waals surface area contributed by atoms with E-state index in [0.29, 0.717) is 28.4 Å². The zero-order valence-electron chi connectivity index (χ0n) is 13.8. The normalized spacial score (nSPS) is 17.0. The Hall–Kier alpha value is -2.66. The maximum Gasteiger partial charge on any atom is 0.323 e. The minimum Gasteiger partial charge on any atom is -0.376 e. The SMILES string of the molecule is O=C(CSc1nnnn1C[C@@H]1CCCO1)Nc1ccc2[nH]c(=O)[nH]c2c1. The van der Waals surface area contributed by atoms with Crippen molar-refractivity contribution < 1.29 is 9.53 Å². The van der Waals surface area contributed by atoms with Gasteiger partial charge in [-0.3, -0.25) is 4.79 Å². The highest BCUT2D eigenvalue weighted by Crippen LogP contribution is 2.19. The van der Waals surface area contributed by atoms with E-state index in [1.54, 1.807) is 22.9 Å². The number of hydrogen-bond donors (Lipinski definition) is 3. The van der Waals surface area contributed by atoms with Crippen molar-refractivity contribution in [1.29, 1.82) is 0 Å². The number of hydrogen-bond acceptors (Lipinski definition) is 7. The number of fused-ring (bicyclic) bond motifs is 1. The van der Waals surface area contributed by atoms with Crippen molar-refractivity contribution in [1.82, 2.24) is 30.2 Å². The molecule has 3 heterocycles. The summed E-state index contributed by atoms with van der Waals surface area (Å²) in [6, 6.07) is 5.17. The van der Waals surface area contributed by atoms with Gasteiger partial charge >= 0.3 is 5.69 Å². The zero-order chi connectivity index (χ0) is 17.9. The predicted molar refractivity (Wildman–Crippen MR) is 95.1 cm³/mol. The lowest BCUT2D eigenvalue weighted by molar-refractivity contribution is -0.113. The van der Waals surface area contributed by atoms with E-state index in [1.807, 2.05) is 0 Å². The number of amides is 1. The van der Waals surface area contributed by atoms with Crippen LogP contribution in [0.25, 0.3) is 11.0 Å². The third-order valence-electron chi connectivity index (χ3n) is 4.03. The molecule has 1 aromatic carbocycles. The van der Waals surface area contributed by atoms with Crippen LogP contribution in [0.15, 0.2) is 28.2 Å². The summed E-state index contributed by atoms with van der Waals surface area (Å²) in [5.74, 6) is -0.00738. The van der Waals surface area contributed by atoms with Crippen LogP contribution in [-0.4, -0.2) is 54.5 Å². The number of aromatic nitrogens is 6. The van der Waals surface area contributed by atoms with Gasteiger partial charge in [0.05, 0.1) is 29.4 Å². The van der Waals surface area contributed by atoms with E-state index in [9.17, 15) is 9.59 Å². The van der Waals surface area contributed by atoms with E-state index in [4.69, 9.17) is 4.74 Å². The highest BCUT2D eigenvalue weighted by Gasteiger charge is 2.19. The number of aromatic amines is 2. The average molecular weight is 375 g/mol. The fourth-order valence-electron chi connectivity index (χ4n) is 2.83. The van der Waals surface area contributed by atoms with E-state index in [2.05, 4.69) is 30.8 Å². The Morgan fingerprint density at radius 2 is 2.27 bits per heavy atom. The van der Waals surface area contributed by atoms with Gasteiger partial charge in [-0.05, 0) is 41.5 Å². The topological polar surface area (TPSA) is 131 Å².